The quantitative estimate of drug-likeness (QED) is 0.787. The fraction of sp³-hybridized carbons (Fsp3) is 0.611. The first kappa shape index (κ1) is 18.0. The number of hydrogen-bond acceptors (Lipinski definition) is 3. The van der Waals surface area contributed by atoms with Gasteiger partial charge in [0.05, 0.1) is 0 Å². The Balaban J connectivity index is 1.66. The van der Waals surface area contributed by atoms with Crippen LogP contribution >= 0.6 is 0 Å². The van der Waals surface area contributed by atoms with E-state index < -0.39 is 8.32 Å². The molecule has 1 fully saturated rings. The van der Waals surface area contributed by atoms with Crippen LogP contribution in [-0.4, -0.2) is 27.1 Å². The van der Waals surface area contributed by atoms with Gasteiger partial charge in [0.25, 0.3) is 0 Å². The van der Waals surface area contributed by atoms with Crippen molar-refractivity contribution in [3.63, 3.8) is 0 Å². The first-order valence-electron chi connectivity index (χ1n) is 8.30. The highest BCUT2D eigenvalue weighted by molar-refractivity contribution is 6.74. The number of ether oxygens (including phenoxy) is 1. The molecule has 1 aliphatic carbocycles. The summed E-state index contributed by atoms with van der Waals surface area (Å²) in [6.45, 7) is 12.3. The van der Waals surface area contributed by atoms with Gasteiger partial charge in [-0.05, 0) is 30.1 Å². The normalized spacial score (nSPS) is 20.9. The Morgan fingerprint density at radius 2 is 1.91 bits per heavy atom. The molecule has 0 aromatic heterocycles. The van der Waals surface area contributed by atoms with E-state index in [-0.39, 0.29) is 17.2 Å². The molecule has 0 aliphatic heterocycles. The van der Waals surface area contributed by atoms with E-state index in [1.165, 1.54) is 0 Å². The minimum Gasteiger partial charge on any atom is -0.445 e. The molecule has 23 heavy (non-hydrogen) atoms. The lowest BCUT2D eigenvalue weighted by Crippen LogP contribution is -2.41. The van der Waals surface area contributed by atoms with Crippen LogP contribution in [0.5, 0.6) is 0 Å². The van der Waals surface area contributed by atoms with Crippen molar-refractivity contribution in [2.45, 2.75) is 58.0 Å². The highest BCUT2D eigenvalue weighted by atomic mass is 28.4. The summed E-state index contributed by atoms with van der Waals surface area (Å²) in [6.07, 6.45) is 0.642. The Morgan fingerprint density at radius 1 is 1.26 bits per heavy atom. The molecular formula is C18H29NO3Si. The standard InChI is InChI=1S/C18H29NO3Si/c1-18(2,3)23(4,5)22-13-15-11-16(15)19-17(20)21-12-14-9-7-6-8-10-14/h6-10,15-16H,11-13H2,1-5H3,(H,19,20)/t15-,16-/m1/s1. The Hall–Kier alpha value is -1.33. The molecule has 0 heterocycles. The predicted molar refractivity (Wildman–Crippen MR) is 94.8 cm³/mol. The Labute approximate surface area is 140 Å². The molecular weight excluding hydrogens is 306 g/mol. The van der Waals surface area contributed by atoms with Crippen LogP contribution in [0.3, 0.4) is 0 Å². The molecule has 0 bridgehead atoms. The van der Waals surface area contributed by atoms with Gasteiger partial charge in [-0.25, -0.2) is 4.79 Å². The summed E-state index contributed by atoms with van der Waals surface area (Å²) in [4.78, 5) is 11.8. The van der Waals surface area contributed by atoms with E-state index in [1.807, 2.05) is 30.3 Å². The van der Waals surface area contributed by atoms with Crippen molar-refractivity contribution in [2.75, 3.05) is 6.61 Å². The monoisotopic (exact) mass is 335 g/mol. The zero-order valence-corrected chi connectivity index (χ0v) is 15.9. The molecule has 5 heteroatoms. The number of rotatable bonds is 6. The third-order valence-electron chi connectivity index (χ3n) is 4.90. The third-order valence-corrected chi connectivity index (χ3v) is 9.40. The van der Waals surface area contributed by atoms with Gasteiger partial charge in [-0.1, -0.05) is 51.1 Å². The lowest BCUT2D eigenvalue weighted by Gasteiger charge is -2.36. The molecule has 1 amide bonds. The summed E-state index contributed by atoms with van der Waals surface area (Å²) in [5, 5.41) is 3.15. The fourth-order valence-corrected chi connectivity index (χ4v) is 3.12. The van der Waals surface area contributed by atoms with E-state index in [9.17, 15) is 4.79 Å². The summed E-state index contributed by atoms with van der Waals surface area (Å²) in [6, 6.07) is 9.90. The third kappa shape index (κ3) is 5.36. The van der Waals surface area contributed by atoms with Crippen molar-refractivity contribution in [3.8, 4) is 0 Å². The van der Waals surface area contributed by atoms with Crippen LogP contribution in [0.15, 0.2) is 30.3 Å². The maximum atomic E-state index is 11.8. The predicted octanol–water partition coefficient (Wildman–Crippen LogP) is 4.32. The van der Waals surface area contributed by atoms with Crippen molar-refractivity contribution in [3.05, 3.63) is 35.9 Å². The number of amides is 1. The Bertz CT molecular complexity index is 525. The molecule has 128 valence electrons. The molecule has 0 spiro atoms. The minimum atomic E-state index is -1.70. The van der Waals surface area contributed by atoms with Crippen LogP contribution < -0.4 is 5.32 Å². The van der Waals surface area contributed by atoms with Crippen molar-refractivity contribution in [1.82, 2.24) is 5.32 Å². The summed E-state index contributed by atoms with van der Waals surface area (Å²) >= 11 is 0. The number of carbonyl (C=O) groups excluding carboxylic acids is 1. The highest BCUT2D eigenvalue weighted by Crippen LogP contribution is 2.39. The summed E-state index contributed by atoms with van der Waals surface area (Å²) in [7, 11) is -1.70. The number of carbonyl (C=O) groups is 1. The summed E-state index contributed by atoms with van der Waals surface area (Å²) in [5.41, 5.74) is 0.997. The number of benzene rings is 1. The number of nitrogens with one attached hydrogen (secondary N) is 1. The second-order valence-corrected chi connectivity index (χ2v) is 12.7. The van der Waals surface area contributed by atoms with Gasteiger partial charge in [0.1, 0.15) is 6.61 Å². The zero-order valence-electron chi connectivity index (χ0n) is 14.9. The maximum Gasteiger partial charge on any atom is 0.407 e. The van der Waals surface area contributed by atoms with E-state index in [0.717, 1.165) is 18.6 Å². The molecule has 1 aromatic carbocycles. The van der Waals surface area contributed by atoms with Crippen molar-refractivity contribution < 1.29 is 14.0 Å². The average molecular weight is 336 g/mol. The smallest absolute Gasteiger partial charge is 0.407 e. The van der Waals surface area contributed by atoms with Gasteiger partial charge in [0, 0.05) is 18.6 Å². The molecule has 2 rings (SSSR count). The van der Waals surface area contributed by atoms with Crippen LogP contribution in [0, 0.1) is 5.92 Å². The molecule has 2 atom stereocenters. The van der Waals surface area contributed by atoms with Gasteiger partial charge in [0.15, 0.2) is 8.32 Å². The number of alkyl carbamates (subject to hydrolysis) is 1. The second kappa shape index (κ2) is 7.05. The minimum absolute atomic E-state index is 0.197. The van der Waals surface area contributed by atoms with E-state index in [2.05, 4.69) is 39.2 Å². The molecule has 1 aliphatic rings. The Kier molecular flexibility index (Phi) is 5.52. The van der Waals surface area contributed by atoms with Crippen molar-refractivity contribution in [2.24, 2.45) is 5.92 Å². The number of hydrogen-bond donors (Lipinski definition) is 1. The van der Waals surface area contributed by atoms with Crippen LogP contribution in [0.1, 0.15) is 32.8 Å². The van der Waals surface area contributed by atoms with Gasteiger partial charge < -0.3 is 14.5 Å². The van der Waals surface area contributed by atoms with Gasteiger partial charge in [0.2, 0.25) is 0 Å². The lowest BCUT2D eigenvalue weighted by atomic mass is 10.2. The first-order valence-corrected chi connectivity index (χ1v) is 11.2. The first-order chi connectivity index (χ1) is 10.7. The SMILES string of the molecule is CC(C)(C)[Si](C)(C)OC[C@H]1C[C@H]1NC(=O)OCc1ccccc1. The molecule has 0 unspecified atom stereocenters. The van der Waals surface area contributed by atoms with Gasteiger partial charge in [-0.3, -0.25) is 0 Å². The summed E-state index contributed by atoms with van der Waals surface area (Å²) in [5.74, 6) is 0.424. The van der Waals surface area contributed by atoms with Crippen LogP contribution in [0.4, 0.5) is 4.79 Å². The maximum absolute atomic E-state index is 11.8. The molecule has 1 saturated carbocycles. The van der Waals surface area contributed by atoms with E-state index in [1.54, 1.807) is 0 Å². The van der Waals surface area contributed by atoms with Crippen LogP contribution in [-0.2, 0) is 15.8 Å². The molecule has 1 N–H and O–H groups in total. The average Bonchev–Trinajstić information content (AvgIpc) is 3.21. The molecule has 1 aromatic rings. The summed E-state index contributed by atoms with van der Waals surface area (Å²) < 4.78 is 11.5. The topological polar surface area (TPSA) is 47.6 Å². The van der Waals surface area contributed by atoms with E-state index in [4.69, 9.17) is 9.16 Å². The fourth-order valence-electron chi connectivity index (χ4n) is 2.06. The van der Waals surface area contributed by atoms with Gasteiger partial charge in [-0.2, -0.15) is 0 Å². The second-order valence-electron chi connectivity index (χ2n) is 7.88. The molecule has 4 nitrogen and oxygen atoms in total. The van der Waals surface area contributed by atoms with Crippen LogP contribution in [0.25, 0.3) is 0 Å². The van der Waals surface area contributed by atoms with E-state index >= 15 is 0 Å². The van der Waals surface area contributed by atoms with Gasteiger partial charge >= 0.3 is 6.09 Å². The molecule has 0 saturated heterocycles. The van der Waals surface area contributed by atoms with E-state index in [0.29, 0.717) is 12.5 Å². The Morgan fingerprint density at radius 3 is 2.52 bits per heavy atom. The van der Waals surface area contributed by atoms with Gasteiger partial charge in [-0.15, -0.1) is 0 Å². The van der Waals surface area contributed by atoms with Crippen molar-refractivity contribution in [1.29, 1.82) is 0 Å². The zero-order chi connectivity index (χ0) is 17.1. The lowest BCUT2D eigenvalue weighted by molar-refractivity contribution is 0.138. The van der Waals surface area contributed by atoms with Crippen LogP contribution in [0.2, 0.25) is 18.1 Å². The van der Waals surface area contributed by atoms with Crippen molar-refractivity contribution >= 4 is 14.4 Å². The largest absolute Gasteiger partial charge is 0.445 e. The highest BCUT2D eigenvalue weighted by Gasteiger charge is 2.43. The molecule has 0 radical (unpaired) electrons.